The molecular weight excluding hydrogens is 174 g/mol. The van der Waals surface area contributed by atoms with E-state index in [1.807, 2.05) is 0 Å². The van der Waals surface area contributed by atoms with Crippen LogP contribution in [0.3, 0.4) is 0 Å². The Kier molecular flexibility index (Phi) is 2.87. The van der Waals surface area contributed by atoms with Gasteiger partial charge < -0.3 is 5.73 Å². The molecule has 78 valence electrons. The average Bonchev–Trinajstić information content (AvgIpc) is 2.76. The standard InChI is InChI=1S/C11H19N3/c1-8-11(9-4-2-3-5-9)10(6-7-12)14-13-8/h9H,2-7,12H2,1H3,(H,13,14). The van der Waals surface area contributed by atoms with Gasteiger partial charge in [0.2, 0.25) is 0 Å². The van der Waals surface area contributed by atoms with Gasteiger partial charge in [-0.05, 0) is 37.8 Å². The molecule has 0 radical (unpaired) electrons. The van der Waals surface area contributed by atoms with Gasteiger partial charge in [-0.3, -0.25) is 5.10 Å². The second kappa shape index (κ2) is 4.13. The second-order valence-electron chi connectivity index (χ2n) is 4.23. The first kappa shape index (κ1) is 9.71. The molecule has 3 N–H and O–H groups in total. The topological polar surface area (TPSA) is 54.7 Å². The van der Waals surface area contributed by atoms with Crippen LogP contribution in [0.4, 0.5) is 0 Å². The van der Waals surface area contributed by atoms with E-state index in [2.05, 4.69) is 17.1 Å². The fraction of sp³-hybridized carbons (Fsp3) is 0.727. The average molecular weight is 193 g/mol. The second-order valence-corrected chi connectivity index (χ2v) is 4.23. The van der Waals surface area contributed by atoms with Crippen LogP contribution >= 0.6 is 0 Å². The minimum absolute atomic E-state index is 0.698. The fourth-order valence-electron chi connectivity index (χ4n) is 2.57. The number of H-pyrrole nitrogens is 1. The summed E-state index contributed by atoms with van der Waals surface area (Å²) in [7, 11) is 0. The third kappa shape index (κ3) is 1.69. The normalized spacial score (nSPS) is 17.9. The number of hydrogen-bond donors (Lipinski definition) is 2. The molecule has 1 aliphatic carbocycles. The maximum absolute atomic E-state index is 5.58. The van der Waals surface area contributed by atoms with Crippen LogP contribution in [0.15, 0.2) is 0 Å². The number of aromatic amines is 1. The Balaban J connectivity index is 2.24. The number of nitrogens with zero attached hydrogens (tertiary/aromatic N) is 1. The molecule has 1 heterocycles. The number of aryl methyl sites for hydroxylation is 1. The molecule has 0 atom stereocenters. The van der Waals surface area contributed by atoms with Crippen LogP contribution < -0.4 is 5.73 Å². The van der Waals surface area contributed by atoms with Gasteiger partial charge in [0.25, 0.3) is 0 Å². The molecule has 3 heteroatoms. The van der Waals surface area contributed by atoms with Crippen LogP contribution in [-0.2, 0) is 6.42 Å². The van der Waals surface area contributed by atoms with Crippen molar-refractivity contribution in [1.29, 1.82) is 0 Å². The minimum Gasteiger partial charge on any atom is -0.330 e. The molecule has 1 aromatic rings. The molecule has 1 aliphatic rings. The smallest absolute Gasteiger partial charge is 0.0672 e. The van der Waals surface area contributed by atoms with Crippen molar-refractivity contribution in [2.24, 2.45) is 5.73 Å². The predicted octanol–water partition coefficient (Wildman–Crippen LogP) is 1.88. The molecule has 0 bridgehead atoms. The maximum atomic E-state index is 5.58. The predicted molar refractivity (Wildman–Crippen MR) is 57.3 cm³/mol. The number of aromatic nitrogens is 2. The van der Waals surface area contributed by atoms with Crippen LogP contribution in [0.1, 0.15) is 48.6 Å². The summed E-state index contributed by atoms with van der Waals surface area (Å²) in [5.41, 5.74) is 9.50. The Hall–Kier alpha value is -0.830. The lowest BCUT2D eigenvalue weighted by molar-refractivity contribution is 0.705. The summed E-state index contributed by atoms with van der Waals surface area (Å²) >= 11 is 0. The Morgan fingerprint density at radius 3 is 2.79 bits per heavy atom. The van der Waals surface area contributed by atoms with Crippen LogP contribution in [0, 0.1) is 6.92 Å². The van der Waals surface area contributed by atoms with Crippen molar-refractivity contribution in [3.63, 3.8) is 0 Å². The molecular formula is C11H19N3. The molecule has 0 aliphatic heterocycles. The molecule has 14 heavy (non-hydrogen) atoms. The van der Waals surface area contributed by atoms with Crippen molar-refractivity contribution in [3.8, 4) is 0 Å². The van der Waals surface area contributed by atoms with E-state index < -0.39 is 0 Å². The Labute approximate surface area is 85.1 Å². The van der Waals surface area contributed by atoms with Gasteiger partial charge in [-0.2, -0.15) is 5.10 Å². The van der Waals surface area contributed by atoms with E-state index in [1.165, 1.54) is 42.6 Å². The zero-order valence-electron chi connectivity index (χ0n) is 8.84. The lowest BCUT2D eigenvalue weighted by Crippen LogP contribution is -2.06. The molecule has 1 saturated carbocycles. The Morgan fingerprint density at radius 1 is 1.43 bits per heavy atom. The van der Waals surface area contributed by atoms with Gasteiger partial charge in [0.15, 0.2) is 0 Å². The first-order valence-electron chi connectivity index (χ1n) is 5.56. The SMILES string of the molecule is Cc1[nH]nc(CCN)c1C1CCCC1. The number of hydrogen-bond acceptors (Lipinski definition) is 2. The van der Waals surface area contributed by atoms with Crippen LogP contribution in [0.5, 0.6) is 0 Å². The summed E-state index contributed by atoms with van der Waals surface area (Å²) < 4.78 is 0. The lowest BCUT2D eigenvalue weighted by Gasteiger charge is -2.10. The maximum Gasteiger partial charge on any atom is 0.0672 e. The summed E-state index contributed by atoms with van der Waals surface area (Å²) in [5, 5.41) is 7.44. The van der Waals surface area contributed by atoms with Gasteiger partial charge in [-0.15, -0.1) is 0 Å². The molecule has 0 aromatic carbocycles. The third-order valence-electron chi connectivity index (χ3n) is 3.22. The van der Waals surface area contributed by atoms with Crippen molar-refractivity contribution in [1.82, 2.24) is 10.2 Å². The van der Waals surface area contributed by atoms with Crippen molar-refractivity contribution in [3.05, 3.63) is 17.0 Å². The van der Waals surface area contributed by atoms with Crippen molar-refractivity contribution in [2.45, 2.75) is 44.9 Å². The van der Waals surface area contributed by atoms with Gasteiger partial charge in [0.05, 0.1) is 5.69 Å². The summed E-state index contributed by atoms with van der Waals surface area (Å²) in [6.45, 7) is 2.82. The number of nitrogens with two attached hydrogens (primary N) is 1. The lowest BCUT2D eigenvalue weighted by atomic mass is 9.94. The molecule has 1 fully saturated rings. The Bertz CT molecular complexity index is 297. The molecule has 2 rings (SSSR count). The number of rotatable bonds is 3. The monoisotopic (exact) mass is 193 g/mol. The van der Waals surface area contributed by atoms with E-state index in [0.717, 1.165) is 12.3 Å². The van der Waals surface area contributed by atoms with E-state index in [0.29, 0.717) is 6.54 Å². The minimum atomic E-state index is 0.698. The largest absolute Gasteiger partial charge is 0.330 e. The van der Waals surface area contributed by atoms with Crippen molar-refractivity contribution >= 4 is 0 Å². The van der Waals surface area contributed by atoms with Gasteiger partial charge in [0.1, 0.15) is 0 Å². The summed E-state index contributed by atoms with van der Waals surface area (Å²) in [4.78, 5) is 0. The highest BCUT2D eigenvalue weighted by Gasteiger charge is 2.23. The molecule has 1 aromatic heterocycles. The first-order valence-corrected chi connectivity index (χ1v) is 5.56. The van der Waals surface area contributed by atoms with Crippen molar-refractivity contribution in [2.75, 3.05) is 6.54 Å². The first-order chi connectivity index (χ1) is 6.83. The fourth-order valence-corrected chi connectivity index (χ4v) is 2.57. The molecule has 0 amide bonds. The molecule has 0 unspecified atom stereocenters. The van der Waals surface area contributed by atoms with E-state index in [-0.39, 0.29) is 0 Å². The summed E-state index contributed by atoms with van der Waals surface area (Å²) in [6.07, 6.45) is 6.32. The summed E-state index contributed by atoms with van der Waals surface area (Å²) in [5.74, 6) is 0.746. The highest BCUT2D eigenvalue weighted by atomic mass is 15.1. The Morgan fingerprint density at radius 2 is 2.14 bits per heavy atom. The molecule has 3 nitrogen and oxygen atoms in total. The van der Waals surface area contributed by atoms with Crippen LogP contribution in [0.2, 0.25) is 0 Å². The van der Waals surface area contributed by atoms with Crippen molar-refractivity contribution < 1.29 is 0 Å². The molecule has 0 spiro atoms. The van der Waals surface area contributed by atoms with Gasteiger partial charge in [-0.25, -0.2) is 0 Å². The summed E-state index contributed by atoms with van der Waals surface area (Å²) in [6, 6.07) is 0. The van der Waals surface area contributed by atoms with Gasteiger partial charge >= 0.3 is 0 Å². The molecule has 0 saturated heterocycles. The van der Waals surface area contributed by atoms with E-state index in [4.69, 9.17) is 5.73 Å². The zero-order valence-corrected chi connectivity index (χ0v) is 8.84. The van der Waals surface area contributed by atoms with Crippen LogP contribution in [0.25, 0.3) is 0 Å². The quantitative estimate of drug-likeness (QED) is 0.770. The van der Waals surface area contributed by atoms with Crippen LogP contribution in [-0.4, -0.2) is 16.7 Å². The number of nitrogens with one attached hydrogen (secondary N) is 1. The van der Waals surface area contributed by atoms with Gasteiger partial charge in [-0.1, -0.05) is 12.8 Å². The van der Waals surface area contributed by atoms with E-state index in [1.54, 1.807) is 0 Å². The van der Waals surface area contributed by atoms with E-state index >= 15 is 0 Å². The van der Waals surface area contributed by atoms with Gasteiger partial charge in [0, 0.05) is 12.1 Å². The highest BCUT2D eigenvalue weighted by molar-refractivity contribution is 5.29. The third-order valence-corrected chi connectivity index (χ3v) is 3.22. The van der Waals surface area contributed by atoms with E-state index in [9.17, 15) is 0 Å². The zero-order chi connectivity index (χ0) is 9.97. The highest BCUT2D eigenvalue weighted by Crippen LogP contribution is 2.36.